The van der Waals surface area contributed by atoms with Crippen LogP contribution in [0.25, 0.3) is 0 Å². The Morgan fingerprint density at radius 2 is 1.47 bits per heavy atom. The maximum atomic E-state index is 6.69. The predicted octanol–water partition coefficient (Wildman–Crippen LogP) is 5.78. The van der Waals surface area contributed by atoms with Gasteiger partial charge in [-0.1, -0.05) is 60.7 Å². The summed E-state index contributed by atoms with van der Waals surface area (Å²) in [5, 5.41) is 7.72. The van der Waals surface area contributed by atoms with Crippen LogP contribution in [0.15, 0.2) is 77.9 Å². The zero-order chi connectivity index (χ0) is 21.6. The quantitative estimate of drug-likeness (QED) is 0.461. The summed E-state index contributed by atoms with van der Waals surface area (Å²) in [6.45, 7) is 6.63. The topological polar surface area (TPSA) is 24.8 Å². The Kier molecular flexibility index (Phi) is 3.92. The molecule has 0 amide bonds. The Labute approximate surface area is 191 Å². The molecule has 5 aliphatic rings. The number of hydrogen-bond acceptors (Lipinski definition) is 3. The van der Waals surface area contributed by atoms with Gasteiger partial charge in [0.25, 0.3) is 0 Å². The van der Waals surface area contributed by atoms with Crippen LogP contribution in [0.5, 0.6) is 0 Å². The molecule has 32 heavy (non-hydrogen) atoms. The maximum Gasteiger partial charge on any atom is 0.0737 e. The molecule has 164 valence electrons. The molecule has 3 fully saturated rings. The molecule has 0 aromatic heterocycles. The lowest BCUT2D eigenvalue weighted by Gasteiger charge is -2.41. The number of fused-ring (bicyclic) bond motifs is 12. The maximum absolute atomic E-state index is 6.69. The van der Waals surface area contributed by atoms with Crippen LogP contribution >= 0.6 is 0 Å². The highest BCUT2D eigenvalue weighted by atomic mass is 16.5. The van der Waals surface area contributed by atoms with Crippen molar-refractivity contribution in [1.82, 2.24) is 0 Å². The van der Waals surface area contributed by atoms with E-state index in [-0.39, 0.29) is 5.60 Å². The SMILES string of the molecule is CC(C)(C)O[C@H]1[C@@H]2C=C[C@H]1C1C2[C@H]2CC1[C@H]1[C@@H]2C(c2ccccc2)=NN1c1ccccc1. The third-order valence-electron chi connectivity index (χ3n) is 8.84. The summed E-state index contributed by atoms with van der Waals surface area (Å²) in [7, 11) is 0. The second-order valence-corrected chi connectivity index (χ2v) is 11.5. The van der Waals surface area contributed by atoms with Gasteiger partial charge in [0.1, 0.15) is 0 Å². The Morgan fingerprint density at radius 1 is 0.844 bits per heavy atom. The third-order valence-corrected chi connectivity index (χ3v) is 8.84. The molecule has 0 N–H and O–H groups in total. The molecule has 2 aromatic rings. The van der Waals surface area contributed by atoms with Gasteiger partial charge in [0, 0.05) is 17.8 Å². The van der Waals surface area contributed by atoms with E-state index in [2.05, 4.69) is 98.6 Å². The van der Waals surface area contributed by atoms with Gasteiger partial charge in [0.15, 0.2) is 0 Å². The first kappa shape index (κ1) is 19.1. The van der Waals surface area contributed by atoms with Crippen LogP contribution in [-0.4, -0.2) is 23.5 Å². The lowest BCUT2D eigenvalue weighted by Crippen LogP contribution is -2.46. The highest BCUT2D eigenvalue weighted by molar-refractivity contribution is 6.05. The normalized spacial score (nSPS) is 40.7. The molecular formula is C29H32N2O. The molecule has 2 aromatic carbocycles. The summed E-state index contributed by atoms with van der Waals surface area (Å²) in [5.74, 6) is 4.53. The van der Waals surface area contributed by atoms with Gasteiger partial charge in [0.2, 0.25) is 0 Å². The number of benzene rings is 2. The third kappa shape index (κ3) is 2.55. The lowest BCUT2D eigenvalue weighted by atomic mass is 9.66. The van der Waals surface area contributed by atoms with E-state index in [4.69, 9.17) is 9.84 Å². The highest BCUT2D eigenvalue weighted by Gasteiger charge is 2.70. The van der Waals surface area contributed by atoms with Crippen molar-refractivity contribution in [2.24, 2.45) is 46.5 Å². The average Bonchev–Trinajstić information content (AvgIpc) is 3.57. The minimum Gasteiger partial charge on any atom is -0.371 e. The predicted molar refractivity (Wildman–Crippen MR) is 129 cm³/mol. The van der Waals surface area contributed by atoms with E-state index >= 15 is 0 Å². The molecule has 1 heterocycles. The molecule has 0 radical (unpaired) electrons. The number of nitrogens with zero attached hydrogens (tertiary/aromatic N) is 2. The fraction of sp³-hybridized carbons (Fsp3) is 0.483. The molecule has 7 rings (SSSR count). The van der Waals surface area contributed by atoms with E-state index < -0.39 is 0 Å². The molecule has 1 aliphatic heterocycles. The molecule has 3 heteroatoms. The second kappa shape index (κ2) is 6.57. The zero-order valence-electron chi connectivity index (χ0n) is 19.1. The van der Waals surface area contributed by atoms with Crippen LogP contribution in [0.3, 0.4) is 0 Å². The summed E-state index contributed by atoms with van der Waals surface area (Å²) < 4.78 is 6.69. The molecule has 4 aliphatic carbocycles. The number of hydrogen-bond donors (Lipinski definition) is 0. The Morgan fingerprint density at radius 3 is 2.12 bits per heavy atom. The van der Waals surface area contributed by atoms with Crippen molar-refractivity contribution in [3.63, 3.8) is 0 Å². The number of hydrazone groups is 1. The first-order valence-corrected chi connectivity index (χ1v) is 12.4. The van der Waals surface area contributed by atoms with Crippen molar-refractivity contribution >= 4 is 11.4 Å². The van der Waals surface area contributed by atoms with Crippen molar-refractivity contribution < 1.29 is 4.74 Å². The Bertz CT molecular complexity index is 1090. The summed E-state index contributed by atoms with van der Waals surface area (Å²) in [6, 6.07) is 22.2. The van der Waals surface area contributed by atoms with E-state index in [0.717, 1.165) is 11.8 Å². The van der Waals surface area contributed by atoms with Crippen molar-refractivity contribution in [2.45, 2.75) is 44.9 Å². The fourth-order valence-electron chi connectivity index (χ4n) is 8.17. The van der Waals surface area contributed by atoms with Gasteiger partial charge < -0.3 is 4.74 Å². The van der Waals surface area contributed by atoms with Gasteiger partial charge in [-0.15, -0.1) is 0 Å². The van der Waals surface area contributed by atoms with E-state index in [9.17, 15) is 0 Å². The molecular weight excluding hydrogens is 392 g/mol. The van der Waals surface area contributed by atoms with Crippen LogP contribution in [0.2, 0.25) is 0 Å². The van der Waals surface area contributed by atoms with Crippen molar-refractivity contribution in [3.8, 4) is 0 Å². The van der Waals surface area contributed by atoms with Gasteiger partial charge in [-0.2, -0.15) is 5.10 Å². The smallest absolute Gasteiger partial charge is 0.0737 e. The number of anilines is 1. The van der Waals surface area contributed by atoms with Crippen LogP contribution in [0, 0.1) is 41.4 Å². The van der Waals surface area contributed by atoms with Crippen LogP contribution in [-0.2, 0) is 4.74 Å². The van der Waals surface area contributed by atoms with E-state index in [1.807, 2.05) is 0 Å². The van der Waals surface area contributed by atoms with E-state index in [1.54, 1.807) is 0 Å². The number of ether oxygens (including phenoxy) is 1. The largest absolute Gasteiger partial charge is 0.371 e. The molecule has 3 saturated carbocycles. The summed E-state index contributed by atoms with van der Waals surface area (Å²) >= 11 is 0. The average molecular weight is 425 g/mol. The molecule has 0 spiro atoms. The standard InChI is InChI=1S/C29H32N2O/c1-29(2,3)32-28-19-14-15-20(28)24-22-16-21(23(19)24)25-26(17-10-6-4-7-11-17)30-31(27(22)25)18-12-8-5-9-13-18/h4-15,19-25,27-28H,16H2,1-3H3/t19-,20+,21-,22?,23?,24?,25+,27+,28+/m1/s1. The monoisotopic (exact) mass is 424 g/mol. The molecule has 3 unspecified atom stereocenters. The van der Waals surface area contributed by atoms with E-state index in [1.165, 1.54) is 23.4 Å². The Balaban J connectivity index is 1.30. The van der Waals surface area contributed by atoms with Crippen molar-refractivity contribution in [2.75, 3.05) is 5.01 Å². The molecule has 3 nitrogen and oxygen atoms in total. The fourth-order valence-corrected chi connectivity index (χ4v) is 8.17. The van der Waals surface area contributed by atoms with Crippen LogP contribution in [0.1, 0.15) is 32.8 Å². The van der Waals surface area contributed by atoms with Gasteiger partial charge in [-0.05, 0) is 68.6 Å². The molecule has 4 bridgehead atoms. The van der Waals surface area contributed by atoms with Gasteiger partial charge in [0.05, 0.1) is 29.1 Å². The van der Waals surface area contributed by atoms with Gasteiger partial charge in [-0.25, -0.2) is 0 Å². The minimum atomic E-state index is -0.0898. The van der Waals surface area contributed by atoms with E-state index in [0.29, 0.717) is 41.7 Å². The summed E-state index contributed by atoms with van der Waals surface area (Å²) in [5.41, 5.74) is 3.75. The zero-order valence-corrected chi connectivity index (χ0v) is 19.1. The first-order valence-electron chi connectivity index (χ1n) is 12.4. The summed E-state index contributed by atoms with van der Waals surface area (Å²) in [4.78, 5) is 0. The van der Waals surface area contributed by atoms with Crippen LogP contribution in [0.4, 0.5) is 5.69 Å². The van der Waals surface area contributed by atoms with Crippen molar-refractivity contribution in [3.05, 3.63) is 78.4 Å². The molecule has 0 saturated heterocycles. The van der Waals surface area contributed by atoms with Gasteiger partial charge in [-0.3, -0.25) is 5.01 Å². The number of rotatable bonds is 3. The second-order valence-electron chi connectivity index (χ2n) is 11.5. The van der Waals surface area contributed by atoms with Gasteiger partial charge >= 0.3 is 0 Å². The highest BCUT2D eigenvalue weighted by Crippen LogP contribution is 2.69. The lowest BCUT2D eigenvalue weighted by molar-refractivity contribution is -0.0814. The van der Waals surface area contributed by atoms with Crippen LogP contribution < -0.4 is 5.01 Å². The molecule has 9 atom stereocenters. The Hall–Kier alpha value is -2.39. The number of para-hydroxylation sites is 1. The minimum absolute atomic E-state index is 0.0898. The summed E-state index contributed by atoms with van der Waals surface area (Å²) in [6.07, 6.45) is 6.70. The van der Waals surface area contributed by atoms with Crippen molar-refractivity contribution in [1.29, 1.82) is 0 Å². The first-order chi connectivity index (χ1) is 15.5.